The normalized spacial score (nSPS) is 19.4. The molecule has 2 atom stereocenters. The number of likely N-dealkylation sites (N-methyl/N-ethyl adjacent to an activating group) is 1. The number of sulfonamides is 1. The van der Waals surface area contributed by atoms with Crippen molar-refractivity contribution in [2.24, 2.45) is 0 Å². The number of rotatable bonds is 7. The van der Waals surface area contributed by atoms with E-state index in [1.165, 1.54) is 27.8 Å². The molecule has 4 rings (SSSR count). The van der Waals surface area contributed by atoms with Crippen LogP contribution in [0.4, 0.5) is 5.13 Å². The van der Waals surface area contributed by atoms with Crippen LogP contribution in [0, 0.1) is 6.92 Å². The van der Waals surface area contributed by atoms with Crippen LogP contribution in [0.3, 0.4) is 0 Å². The minimum atomic E-state index is -3.67. The number of carbonyl (C=O) groups excluding carboxylic acids is 1. The Hall–Kier alpha value is -2.37. The Kier molecular flexibility index (Phi) is 7.58. The van der Waals surface area contributed by atoms with Crippen molar-refractivity contribution in [1.82, 2.24) is 14.2 Å². The maximum absolute atomic E-state index is 13.6. The third kappa shape index (κ3) is 5.57. The molecule has 2 aromatic carbocycles. The van der Waals surface area contributed by atoms with Gasteiger partial charge in [-0.2, -0.15) is 4.31 Å². The maximum atomic E-state index is 13.6. The van der Waals surface area contributed by atoms with Crippen LogP contribution in [0.2, 0.25) is 0 Å². The van der Waals surface area contributed by atoms with Gasteiger partial charge in [-0.3, -0.25) is 9.69 Å². The van der Waals surface area contributed by atoms with E-state index in [1.807, 2.05) is 58.0 Å². The van der Waals surface area contributed by atoms with Crippen molar-refractivity contribution in [3.63, 3.8) is 0 Å². The second kappa shape index (κ2) is 10.3. The van der Waals surface area contributed by atoms with Crippen molar-refractivity contribution in [3.05, 3.63) is 53.6 Å². The smallest absolute Gasteiger partial charge is 0.260 e. The number of benzene rings is 2. The number of ether oxygens (including phenoxy) is 1. The number of anilines is 1. The van der Waals surface area contributed by atoms with E-state index in [1.54, 1.807) is 17.0 Å². The zero-order valence-corrected chi connectivity index (χ0v) is 22.4. The number of aryl methyl sites for hydroxylation is 1. The zero-order valence-electron chi connectivity index (χ0n) is 20.8. The van der Waals surface area contributed by atoms with Crippen LogP contribution in [0.15, 0.2) is 47.4 Å². The third-order valence-electron chi connectivity index (χ3n) is 5.98. The van der Waals surface area contributed by atoms with E-state index >= 15 is 0 Å². The van der Waals surface area contributed by atoms with Crippen LogP contribution in [0.5, 0.6) is 0 Å². The molecular weight excluding hydrogens is 484 g/mol. The van der Waals surface area contributed by atoms with Crippen LogP contribution in [0.1, 0.15) is 29.8 Å². The summed E-state index contributed by atoms with van der Waals surface area (Å²) < 4.78 is 34.5. The Morgan fingerprint density at radius 3 is 2.34 bits per heavy atom. The minimum Gasteiger partial charge on any atom is -0.373 e. The Morgan fingerprint density at radius 2 is 1.74 bits per heavy atom. The molecule has 1 aromatic heterocycles. The van der Waals surface area contributed by atoms with Gasteiger partial charge in [0.1, 0.15) is 0 Å². The average molecular weight is 517 g/mol. The first-order valence-corrected chi connectivity index (χ1v) is 13.9. The van der Waals surface area contributed by atoms with Gasteiger partial charge < -0.3 is 9.64 Å². The van der Waals surface area contributed by atoms with Crippen molar-refractivity contribution in [3.8, 4) is 0 Å². The van der Waals surface area contributed by atoms with E-state index in [0.717, 1.165) is 15.8 Å². The maximum Gasteiger partial charge on any atom is 0.260 e. The predicted molar refractivity (Wildman–Crippen MR) is 140 cm³/mol. The van der Waals surface area contributed by atoms with Crippen LogP contribution >= 0.6 is 11.3 Å². The molecule has 1 saturated heterocycles. The fraction of sp³-hybridized carbons (Fsp3) is 0.440. The highest BCUT2D eigenvalue weighted by molar-refractivity contribution is 7.89. The first-order chi connectivity index (χ1) is 16.6. The molecule has 10 heteroatoms. The Morgan fingerprint density at radius 1 is 1.09 bits per heavy atom. The number of para-hydroxylation sites is 1. The second-order valence-corrected chi connectivity index (χ2v) is 12.2. The summed E-state index contributed by atoms with van der Waals surface area (Å²) in [5, 5.41) is 0.633. The molecule has 2 heterocycles. The van der Waals surface area contributed by atoms with Gasteiger partial charge in [0, 0.05) is 31.7 Å². The van der Waals surface area contributed by atoms with E-state index in [9.17, 15) is 13.2 Å². The number of carbonyl (C=O) groups is 1. The molecule has 188 valence electrons. The van der Waals surface area contributed by atoms with Gasteiger partial charge in [-0.15, -0.1) is 0 Å². The number of hydrogen-bond acceptors (Lipinski definition) is 7. The lowest BCUT2D eigenvalue weighted by Gasteiger charge is -2.34. The molecule has 35 heavy (non-hydrogen) atoms. The molecule has 8 nitrogen and oxygen atoms in total. The quantitative estimate of drug-likeness (QED) is 0.477. The van der Waals surface area contributed by atoms with Gasteiger partial charge in [-0.25, -0.2) is 13.4 Å². The summed E-state index contributed by atoms with van der Waals surface area (Å²) in [5.74, 6) is -0.207. The highest BCUT2D eigenvalue weighted by Crippen LogP contribution is 2.31. The molecule has 0 unspecified atom stereocenters. The van der Waals surface area contributed by atoms with Crippen LogP contribution < -0.4 is 4.90 Å². The average Bonchev–Trinajstić information content (AvgIpc) is 3.24. The van der Waals surface area contributed by atoms with Gasteiger partial charge in [0.2, 0.25) is 10.0 Å². The van der Waals surface area contributed by atoms with Gasteiger partial charge in [-0.1, -0.05) is 23.5 Å². The van der Waals surface area contributed by atoms with E-state index < -0.39 is 10.0 Å². The number of aromatic nitrogens is 1. The molecule has 0 bridgehead atoms. The first kappa shape index (κ1) is 25.7. The van der Waals surface area contributed by atoms with E-state index in [0.29, 0.717) is 36.9 Å². The fourth-order valence-corrected chi connectivity index (χ4v) is 6.83. The number of morpholine rings is 1. The Labute approximate surface area is 211 Å². The molecule has 0 saturated carbocycles. The van der Waals surface area contributed by atoms with Gasteiger partial charge in [0.05, 0.1) is 27.3 Å². The van der Waals surface area contributed by atoms with Gasteiger partial charge in [-0.05, 0) is 70.8 Å². The monoisotopic (exact) mass is 516 g/mol. The van der Waals surface area contributed by atoms with Crippen molar-refractivity contribution >= 4 is 42.6 Å². The first-order valence-electron chi connectivity index (χ1n) is 11.6. The molecule has 0 N–H and O–H groups in total. The summed E-state index contributed by atoms with van der Waals surface area (Å²) in [4.78, 5) is 22.2. The molecule has 0 radical (unpaired) electrons. The molecule has 1 aliphatic rings. The van der Waals surface area contributed by atoms with Crippen molar-refractivity contribution in [2.75, 3.05) is 45.2 Å². The van der Waals surface area contributed by atoms with Crippen LogP contribution in [-0.2, 0) is 14.8 Å². The molecule has 1 aliphatic heterocycles. The summed E-state index contributed by atoms with van der Waals surface area (Å²) in [5.41, 5.74) is 2.37. The van der Waals surface area contributed by atoms with Crippen molar-refractivity contribution in [2.45, 2.75) is 37.9 Å². The lowest BCUT2D eigenvalue weighted by molar-refractivity contribution is -0.0440. The van der Waals surface area contributed by atoms with E-state index in [2.05, 4.69) is 0 Å². The minimum absolute atomic E-state index is 0.169. The molecule has 3 aromatic rings. The Balaban J connectivity index is 1.61. The number of nitrogens with zero attached hydrogens (tertiary/aromatic N) is 4. The number of amides is 1. The fourth-order valence-electron chi connectivity index (χ4n) is 4.18. The summed E-state index contributed by atoms with van der Waals surface area (Å²) in [7, 11) is 0.238. The van der Waals surface area contributed by atoms with E-state index in [4.69, 9.17) is 9.72 Å². The molecular formula is C25H32N4O4S2. The number of thiazole rings is 1. The summed E-state index contributed by atoms with van der Waals surface area (Å²) in [6.07, 6.45) is -0.339. The Bertz CT molecular complexity index is 1290. The SMILES string of the molecule is Cc1cccc2sc(N(CCN(C)C)C(=O)c3ccc(S(=O)(=O)N4C[C@@H](C)O[C@H](C)C4)cc3)nc12. The standard InChI is InChI=1S/C25H32N4O4S2/c1-17-7-6-8-22-23(17)26-25(34-22)29(14-13-27(4)5)24(30)20-9-11-21(12-10-20)35(31,32)28-15-18(2)33-19(3)16-28/h6-12,18-19H,13-16H2,1-5H3/t18-,19-/m1/s1. The summed E-state index contributed by atoms with van der Waals surface area (Å²) in [6, 6.07) is 12.2. The van der Waals surface area contributed by atoms with Gasteiger partial charge in [0.15, 0.2) is 5.13 Å². The van der Waals surface area contributed by atoms with Gasteiger partial charge >= 0.3 is 0 Å². The second-order valence-electron chi connectivity index (χ2n) is 9.28. The third-order valence-corrected chi connectivity index (χ3v) is 8.87. The van der Waals surface area contributed by atoms with Crippen LogP contribution in [0.25, 0.3) is 10.2 Å². The number of hydrogen-bond donors (Lipinski definition) is 0. The lowest BCUT2D eigenvalue weighted by Crippen LogP contribution is -2.48. The molecule has 1 amide bonds. The van der Waals surface area contributed by atoms with E-state index in [-0.39, 0.29) is 23.0 Å². The zero-order chi connectivity index (χ0) is 25.3. The van der Waals surface area contributed by atoms with Crippen molar-refractivity contribution < 1.29 is 17.9 Å². The van der Waals surface area contributed by atoms with Crippen LogP contribution in [-0.4, -0.2) is 81.0 Å². The highest BCUT2D eigenvalue weighted by Gasteiger charge is 2.32. The largest absolute Gasteiger partial charge is 0.373 e. The predicted octanol–water partition coefficient (Wildman–Crippen LogP) is 3.61. The summed E-state index contributed by atoms with van der Waals surface area (Å²) in [6.45, 7) is 7.49. The van der Waals surface area contributed by atoms with Gasteiger partial charge in [0.25, 0.3) is 5.91 Å². The molecule has 0 aliphatic carbocycles. The summed E-state index contributed by atoms with van der Waals surface area (Å²) >= 11 is 1.48. The number of fused-ring (bicyclic) bond motifs is 1. The molecule has 0 spiro atoms. The van der Waals surface area contributed by atoms with Crippen molar-refractivity contribution in [1.29, 1.82) is 0 Å². The lowest BCUT2D eigenvalue weighted by atomic mass is 10.2. The topological polar surface area (TPSA) is 83.1 Å². The molecule has 1 fully saturated rings. The highest BCUT2D eigenvalue weighted by atomic mass is 32.2.